The second-order valence-electron chi connectivity index (χ2n) is 2.94. The van der Waals surface area contributed by atoms with Gasteiger partial charge in [0.15, 0.2) is 5.82 Å². The normalized spacial score (nSPS) is 15.6. The molecule has 76 valence electrons. The summed E-state index contributed by atoms with van der Waals surface area (Å²) in [6.45, 7) is 1.05. The molecular formula is C7H6Cl3N3O. The van der Waals surface area contributed by atoms with Crippen molar-refractivity contribution in [2.24, 2.45) is 0 Å². The minimum absolute atomic E-state index is 0.0648. The van der Waals surface area contributed by atoms with Crippen molar-refractivity contribution in [2.75, 3.05) is 0 Å². The molecule has 14 heavy (non-hydrogen) atoms. The molecule has 0 radical (unpaired) electrons. The molecule has 1 aromatic heterocycles. The van der Waals surface area contributed by atoms with Gasteiger partial charge in [0.1, 0.15) is 0 Å². The number of halogens is 3. The number of hydrogen-bond acceptors (Lipinski definition) is 3. The van der Waals surface area contributed by atoms with Gasteiger partial charge >= 0.3 is 0 Å². The molecule has 0 atom stereocenters. The van der Waals surface area contributed by atoms with E-state index in [1.807, 2.05) is 0 Å². The Balaban J connectivity index is 2.58. The summed E-state index contributed by atoms with van der Waals surface area (Å²) in [5.41, 5.74) is 1.01. The largest absolute Gasteiger partial charge is 0.307 e. The lowest BCUT2D eigenvalue weighted by Gasteiger charge is -2.10. The number of aromatic nitrogens is 2. The first-order chi connectivity index (χ1) is 6.48. The maximum atomic E-state index is 11.5. The third-order valence-electron chi connectivity index (χ3n) is 1.96. The maximum Gasteiger partial charge on any atom is 0.255 e. The number of alkyl halides is 3. The highest BCUT2D eigenvalue weighted by Crippen LogP contribution is 2.35. The molecule has 7 heteroatoms. The molecule has 0 amide bonds. The van der Waals surface area contributed by atoms with E-state index >= 15 is 0 Å². The second kappa shape index (κ2) is 3.38. The predicted molar refractivity (Wildman–Crippen MR) is 54.6 cm³/mol. The van der Waals surface area contributed by atoms with E-state index in [2.05, 4.69) is 15.3 Å². The molecule has 0 saturated heterocycles. The third kappa shape index (κ3) is 1.75. The second-order valence-corrected chi connectivity index (χ2v) is 5.22. The summed E-state index contributed by atoms with van der Waals surface area (Å²) in [5.74, 6) is 0.0648. The van der Waals surface area contributed by atoms with E-state index < -0.39 is 3.79 Å². The van der Waals surface area contributed by atoms with Gasteiger partial charge in [0.2, 0.25) is 3.79 Å². The van der Waals surface area contributed by atoms with E-state index in [0.717, 1.165) is 0 Å². The molecule has 0 unspecified atom stereocenters. The molecule has 1 aliphatic rings. The van der Waals surface area contributed by atoms with Crippen molar-refractivity contribution < 1.29 is 0 Å². The van der Waals surface area contributed by atoms with Crippen LogP contribution in [0.5, 0.6) is 0 Å². The molecule has 1 aromatic rings. The Hall–Kier alpha value is -0.290. The molecule has 2 N–H and O–H groups in total. The van der Waals surface area contributed by atoms with Crippen LogP contribution < -0.4 is 10.9 Å². The van der Waals surface area contributed by atoms with Gasteiger partial charge in [-0.2, -0.15) is 0 Å². The summed E-state index contributed by atoms with van der Waals surface area (Å²) in [4.78, 5) is 18.0. The standard InChI is InChI=1S/C7H6Cl3N3O/c8-7(9,10)6-12-4-2-11-1-3(4)5(14)13-6/h11H,1-2H2,(H,12,13,14). The third-order valence-corrected chi connectivity index (χ3v) is 2.50. The van der Waals surface area contributed by atoms with Gasteiger partial charge in [0.05, 0.1) is 11.3 Å². The summed E-state index contributed by atoms with van der Waals surface area (Å²) in [7, 11) is 0. The molecule has 2 rings (SSSR count). The quantitative estimate of drug-likeness (QED) is 0.684. The summed E-state index contributed by atoms with van der Waals surface area (Å²) >= 11 is 16.8. The number of hydrogen-bond donors (Lipinski definition) is 2. The summed E-state index contributed by atoms with van der Waals surface area (Å²) in [6, 6.07) is 0. The zero-order chi connectivity index (χ0) is 10.3. The average Bonchev–Trinajstić information content (AvgIpc) is 2.50. The van der Waals surface area contributed by atoms with E-state index in [1.165, 1.54) is 0 Å². The SMILES string of the molecule is O=c1[nH]c(C(Cl)(Cl)Cl)nc2c1CNC2. The summed E-state index contributed by atoms with van der Waals surface area (Å²) in [6.07, 6.45) is 0. The number of H-pyrrole nitrogens is 1. The van der Waals surface area contributed by atoms with Crippen LogP contribution in [0.2, 0.25) is 0 Å². The fourth-order valence-electron chi connectivity index (χ4n) is 1.31. The van der Waals surface area contributed by atoms with E-state index in [-0.39, 0.29) is 11.4 Å². The van der Waals surface area contributed by atoms with Crippen LogP contribution in [0.4, 0.5) is 0 Å². The molecular weight excluding hydrogens is 248 g/mol. The Morgan fingerprint density at radius 3 is 2.64 bits per heavy atom. The number of nitrogens with one attached hydrogen (secondary N) is 2. The summed E-state index contributed by atoms with van der Waals surface area (Å²) < 4.78 is -1.68. The van der Waals surface area contributed by atoms with Crippen LogP contribution >= 0.6 is 34.8 Å². The average molecular weight is 255 g/mol. The minimum atomic E-state index is -1.68. The van der Waals surface area contributed by atoms with E-state index in [9.17, 15) is 4.79 Å². The minimum Gasteiger partial charge on any atom is -0.307 e. The first kappa shape index (κ1) is 10.2. The van der Waals surface area contributed by atoms with Crippen molar-refractivity contribution in [3.63, 3.8) is 0 Å². The smallest absolute Gasteiger partial charge is 0.255 e. The van der Waals surface area contributed by atoms with Crippen molar-refractivity contribution in [3.05, 3.63) is 27.4 Å². The highest BCUT2D eigenvalue weighted by Gasteiger charge is 2.28. The maximum absolute atomic E-state index is 11.5. The van der Waals surface area contributed by atoms with Crippen LogP contribution in [0.3, 0.4) is 0 Å². The van der Waals surface area contributed by atoms with Crippen molar-refractivity contribution in [1.29, 1.82) is 0 Å². The molecule has 4 nitrogen and oxygen atoms in total. The van der Waals surface area contributed by atoms with Crippen LogP contribution in [0, 0.1) is 0 Å². The predicted octanol–water partition coefficient (Wildman–Crippen LogP) is 1.20. The van der Waals surface area contributed by atoms with Crippen LogP contribution in [-0.4, -0.2) is 9.97 Å². The van der Waals surface area contributed by atoms with Gasteiger partial charge in [-0.15, -0.1) is 0 Å². The van der Waals surface area contributed by atoms with Crippen molar-refractivity contribution in [2.45, 2.75) is 16.9 Å². The van der Waals surface area contributed by atoms with Crippen molar-refractivity contribution >= 4 is 34.8 Å². The van der Waals surface area contributed by atoms with Crippen LogP contribution in [0.1, 0.15) is 17.1 Å². The lowest BCUT2D eigenvalue weighted by atomic mass is 10.3. The van der Waals surface area contributed by atoms with Gasteiger partial charge in [-0.05, 0) is 0 Å². The number of rotatable bonds is 0. The van der Waals surface area contributed by atoms with Gasteiger partial charge in [0, 0.05) is 13.1 Å². The van der Waals surface area contributed by atoms with Gasteiger partial charge in [-0.25, -0.2) is 4.98 Å². The Bertz CT molecular complexity index is 423. The Morgan fingerprint density at radius 2 is 2.00 bits per heavy atom. The highest BCUT2D eigenvalue weighted by molar-refractivity contribution is 6.66. The molecule has 0 aliphatic carbocycles. The van der Waals surface area contributed by atoms with Gasteiger partial charge in [-0.3, -0.25) is 4.79 Å². The topological polar surface area (TPSA) is 57.8 Å². The molecule has 0 saturated carbocycles. The van der Waals surface area contributed by atoms with E-state index in [0.29, 0.717) is 24.3 Å². The van der Waals surface area contributed by atoms with Crippen LogP contribution in [-0.2, 0) is 16.9 Å². The molecule has 0 bridgehead atoms. The van der Waals surface area contributed by atoms with Gasteiger partial charge in [-0.1, -0.05) is 34.8 Å². The molecule has 0 fully saturated rings. The zero-order valence-corrected chi connectivity index (χ0v) is 9.17. The van der Waals surface area contributed by atoms with Crippen LogP contribution in [0.15, 0.2) is 4.79 Å². The lowest BCUT2D eigenvalue weighted by molar-refractivity contribution is 0.755. The molecule has 1 aliphatic heterocycles. The molecule has 2 heterocycles. The Labute approximate surface area is 94.6 Å². The van der Waals surface area contributed by atoms with Gasteiger partial charge in [0.25, 0.3) is 5.56 Å². The Kier molecular flexibility index (Phi) is 2.47. The van der Waals surface area contributed by atoms with Crippen molar-refractivity contribution in [1.82, 2.24) is 15.3 Å². The number of fused-ring (bicyclic) bond motifs is 1. The number of aromatic amines is 1. The van der Waals surface area contributed by atoms with E-state index in [1.54, 1.807) is 0 Å². The first-order valence-corrected chi connectivity index (χ1v) is 5.02. The fraction of sp³-hybridized carbons (Fsp3) is 0.429. The number of nitrogens with zero attached hydrogens (tertiary/aromatic N) is 1. The highest BCUT2D eigenvalue weighted by atomic mass is 35.6. The van der Waals surface area contributed by atoms with Gasteiger partial charge < -0.3 is 10.3 Å². The van der Waals surface area contributed by atoms with Crippen molar-refractivity contribution in [3.8, 4) is 0 Å². The molecule has 0 aromatic carbocycles. The summed E-state index contributed by atoms with van der Waals surface area (Å²) in [5, 5.41) is 3.00. The molecule has 0 spiro atoms. The first-order valence-electron chi connectivity index (χ1n) is 3.88. The zero-order valence-electron chi connectivity index (χ0n) is 6.90. The lowest BCUT2D eigenvalue weighted by Crippen LogP contribution is -2.21. The monoisotopic (exact) mass is 253 g/mol. The van der Waals surface area contributed by atoms with E-state index in [4.69, 9.17) is 34.8 Å². The van der Waals surface area contributed by atoms with Crippen LogP contribution in [0.25, 0.3) is 0 Å². The fourth-order valence-corrected chi connectivity index (χ4v) is 1.58. The Morgan fingerprint density at radius 1 is 1.29 bits per heavy atom.